The molecule has 0 bridgehead atoms. The molecule has 32 heavy (non-hydrogen) atoms. The summed E-state index contributed by atoms with van der Waals surface area (Å²) in [6.07, 6.45) is 5.90. The molecule has 1 aliphatic carbocycles. The van der Waals surface area contributed by atoms with Gasteiger partial charge >= 0.3 is 5.56 Å². The Labute approximate surface area is 190 Å². The van der Waals surface area contributed by atoms with Gasteiger partial charge in [-0.05, 0) is 58.1 Å². The molecular weight excluding hydrogens is 402 g/mol. The molecule has 0 saturated heterocycles. The van der Waals surface area contributed by atoms with Gasteiger partial charge in [0.2, 0.25) is 5.75 Å². The van der Waals surface area contributed by atoms with Crippen molar-refractivity contribution in [3.05, 3.63) is 57.3 Å². The van der Waals surface area contributed by atoms with Crippen molar-refractivity contribution in [3.63, 3.8) is 0 Å². The number of hydrogen-bond acceptors (Lipinski definition) is 4. The van der Waals surface area contributed by atoms with Crippen LogP contribution in [0.15, 0.2) is 29.1 Å². The number of amides is 1. The van der Waals surface area contributed by atoms with Gasteiger partial charge in [0.1, 0.15) is 5.82 Å². The minimum absolute atomic E-state index is 0.0460. The van der Waals surface area contributed by atoms with Crippen LogP contribution in [0.2, 0.25) is 0 Å². The Morgan fingerprint density at radius 2 is 1.84 bits per heavy atom. The van der Waals surface area contributed by atoms with Gasteiger partial charge in [0.15, 0.2) is 5.69 Å². The van der Waals surface area contributed by atoms with Crippen LogP contribution in [0.3, 0.4) is 0 Å². The summed E-state index contributed by atoms with van der Waals surface area (Å²) in [4.78, 5) is 32.2. The third-order valence-electron chi connectivity index (χ3n) is 7.38. The highest BCUT2D eigenvalue weighted by atomic mass is 16.3. The van der Waals surface area contributed by atoms with E-state index in [9.17, 15) is 14.7 Å². The Balaban J connectivity index is 1.86. The fourth-order valence-electron chi connectivity index (χ4n) is 5.94. The quantitative estimate of drug-likeness (QED) is 0.760. The van der Waals surface area contributed by atoms with E-state index >= 15 is 0 Å². The van der Waals surface area contributed by atoms with Crippen LogP contribution in [0, 0.1) is 0 Å². The van der Waals surface area contributed by atoms with Gasteiger partial charge in [-0.15, -0.1) is 0 Å². The summed E-state index contributed by atoms with van der Waals surface area (Å²) in [5, 5.41) is 10.6. The molecule has 1 aromatic heterocycles. The van der Waals surface area contributed by atoms with Crippen molar-refractivity contribution in [2.45, 2.75) is 96.7 Å². The third-order valence-corrected chi connectivity index (χ3v) is 7.38. The molecule has 1 saturated carbocycles. The minimum atomic E-state index is -0.710. The first-order valence-corrected chi connectivity index (χ1v) is 11.9. The van der Waals surface area contributed by atoms with Crippen molar-refractivity contribution in [2.75, 3.05) is 0 Å². The van der Waals surface area contributed by atoms with Gasteiger partial charge in [-0.25, -0.2) is 0 Å². The first kappa shape index (κ1) is 22.6. The molecule has 1 N–H and O–H groups in total. The van der Waals surface area contributed by atoms with Gasteiger partial charge in [-0.3, -0.25) is 9.59 Å². The lowest BCUT2D eigenvalue weighted by Gasteiger charge is -2.46. The topological polar surface area (TPSA) is 75.4 Å². The van der Waals surface area contributed by atoms with E-state index in [1.54, 1.807) is 4.90 Å². The number of carbonyl (C=O) groups excluding carboxylic acids is 1. The summed E-state index contributed by atoms with van der Waals surface area (Å²) in [6.45, 7) is 10.6. The minimum Gasteiger partial charge on any atom is -0.501 e. The number of benzene rings is 1. The Morgan fingerprint density at radius 1 is 1.16 bits per heavy atom. The summed E-state index contributed by atoms with van der Waals surface area (Å²) in [6, 6.07) is 8.70. The molecule has 6 nitrogen and oxygen atoms in total. The summed E-state index contributed by atoms with van der Waals surface area (Å²) in [5.41, 5.74) is 1.40. The zero-order valence-electron chi connectivity index (χ0n) is 19.9. The maximum absolute atomic E-state index is 13.4. The number of aromatic nitrogens is 2. The fourth-order valence-corrected chi connectivity index (χ4v) is 5.94. The molecule has 4 rings (SSSR count). The number of hydrogen-bond donors (Lipinski definition) is 1. The molecule has 0 radical (unpaired) electrons. The molecule has 6 heteroatoms. The van der Waals surface area contributed by atoms with Crippen molar-refractivity contribution in [1.29, 1.82) is 0 Å². The van der Waals surface area contributed by atoms with Gasteiger partial charge in [0.05, 0.1) is 5.54 Å². The van der Waals surface area contributed by atoms with Crippen molar-refractivity contribution >= 4 is 5.91 Å². The van der Waals surface area contributed by atoms with Crippen molar-refractivity contribution in [3.8, 4) is 5.75 Å². The van der Waals surface area contributed by atoms with Crippen LogP contribution >= 0.6 is 0 Å². The predicted molar refractivity (Wildman–Crippen MR) is 125 cm³/mol. The first-order valence-electron chi connectivity index (χ1n) is 11.9. The van der Waals surface area contributed by atoms with Gasteiger partial charge in [0.25, 0.3) is 5.91 Å². The predicted octanol–water partition coefficient (Wildman–Crippen LogP) is 4.21. The van der Waals surface area contributed by atoms with Crippen LogP contribution in [0.4, 0.5) is 0 Å². The van der Waals surface area contributed by atoms with Crippen molar-refractivity contribution in [1.82, 2.24) is 14.5 Å². The second-order valence-electron chi connectivity index (χ2n) is 10.4. The summed E-state index contributed by atoms with van der Waals surface area (Å²) >= 11 is 0. The molecule has 1 aromatic carbocycles. The van der Waals surface area contributed by atoms with Gasteiger partial charge in [-0.2, -0.15) is 4.98 Å². The molecule has 2 aliphatic rings. The average molecular weight is 438 g/mol. The molecule has 1 amide bonds. The summed E-state index contributed by atoms with van der Waals surface area (Å²) in [5.74, 6) is -0.229. The van der Waals surface area contributed by atoms with Crippen LogP contribution in [0.1, 0.15) is 87.7 Å². The van der Waals surface area contributed by atoms with Crippen molar-refractivity contribution < 1.29 is 9.90 Å². The second kappa shape index (κ2) is 8.05. The Kier molecular flexibility index (Phi) is 5.68. The van der Waals surface area contributed by atoms with Gasteiger partial charge in [0, 0.05) is 24.4 Å². The lowest BCUT2D eigenvalue weighted by Crippen LogP contribution is -2.58. The van der Waals surface area contributed by atoms with Crippen LogP contribution in [0.25, 0.3) is 0 Å². The summed E-state index contributed by atoms with van der Waals surface area (Å²) < 4.78 is 1.82. The lowest BCUT2D eigenvalue weighted by molar-refractivity contribution is 0.0283. The molecule has 0 spiro atoms. The van der Waals surface area contributed by atoms with E-state index in [-0.39, 0.29) is 23.1 Å². The molecule has 1 aliphatic heterocycles. The molecule has 172 valence electrons. The van der Waals surface area contributed by atoms with E-state index in [1.807, 2.05) is 32.3 Å². The van der Waals surface area contributed by atoms with E-state index < -0.39 is 16.8 Å². The second-order valence-corrected chi connectivity index (χ2v) is 10.4. The molecule has 2 heterocycles. The number of nitrogens with zero attached hydrogens (tertiary/aromatic N) is 3. The normalized spacial score (nSPS) is 19.4. The molecule has 1 fully saturated rings. The fraction of sp³-hybridized carbons (Fsp3) is 0.577. The molecule has 0 atom stereocenters. The molecular formula is C26H35N3O3. The Morgan fingerprint density at radius 3 is 2.47 bits per heavy atom. The highest BCUT2D eigenvalue weighted by Gasteiger charge is 2.44. The maximum Gasteiger partial charge on any atom is 0.315 e. The largest absolute Gasteiger partial charge is 0.501 e. The van der Waals surface area contributed by atoms with Crippen molar-refractivity contribution in [2.24, 2.45) is 0 Å². The lowest BCUT2D eigenvalue weighted by atomic mass is 9.75. The maximum atomic E-state index is 13.4. The smallest absolute Gasteiger partial charge is 0.315 e. The Bertz CT molecular complexity index is 1090. The van der Waals surface area contributed by atoms with Crippen LogP contribution in [-0.2, 0) is 24.8 Å². The summed E-state index contributed by atoms with van der Waals surface area (Å²) in [7, 11) is 0. The molecule has 2 aromatic rings. The van der Waals surface area contributed by atoms with E-state index in [4.69, 9.17) is 0 Å². The van der Waals surface area contributed by atoms with Crippen LogP contribution < -0.4 is 5.56 Å². The molecule has 0 unspecified atom stereocenters. The van der Waals surface area contributed by atoms with Crippen LogP contribution in [0.5, 0.6) is 5.75 Å². The monoisotopic (exact) mass is 437 g/mol. The number of rotatable bonds is 5. The van der Waals surface area contributed by atoms with Gasteiger partial charge < -0.3 is 14.6 Å². The number of carbonyl (C=O) groups is 1. The zero-order chi connectivity index (χ0) is 23.3. The highest BCUT2D eigenvalue weighted by molar-refractivity contribution is 5.96. The number of aromatic hydroxyl groups is 1. The van der Waals surface area contributed by atoms with E-state index in [0.717, 1.165) is 32.1 Å². The standard InChI is InChI=1S/C26H35N3O3/c1-6-18-10-9-11-19(14-18)26(12-7-8-13-26)15-20-27-23(31)22(30)21-24(32)29(17(2)3)25(4,5)16-28(20)21/h9-11,14,17,30H,6-8,12-13,15-16H2,1-5H3. The number of aryl methyl sites for hydroxylation is 1. The van der Waals surface area contributed by atoms with Gasteiger partial charge in [-0.1, -0.05) is 44.0 Å². The SMILES string of the molecule is CCc1cccc(C2(Cc3nc(=O)c(O)c4n3CC(C)(C)N(C(C)C)C4=O)CCCC2)c1. The van der Waals surface area contributed by atoms with Crippen LogP contribution in [-0.4, -0.2) is 37.0 Å². The Hall–Kier alpha value is -2.63. The van der Waals surface area contributed by atoms with E-state index in [0.29, 0.717) is 18.8 Å². The van der Waals surface area contributed by atoms with E-state index in [2.05, 4.69) is 36.2 Å². The van der Waals surface area contributed by atoms with E-state index in [1.165, 1.54) is 11.1 Å². The highest BCUT2D eigenvalue weighted by Crippen LogP contribution is 2.44. The average Bonchev–Trinajstić information content (AvgIpc) is 3.20. The first-order chi connectivity index (χ1) is 15.1. The zero-order valence-corrected chi connectivity index (χ0v) is 19.9. The number of fused-ring (bicyclic) bond motifs is 1. The third kappa shape index (κ3) is 3.63.